The largest absolute Gasteiger partial charge is 0.471 e. The lowest BCUT2D eigenvalue weighted by Crippen LogP contribution is -2.36. The summed E-state index contributed by atoms with van der Waals surface area (Å²) in [6.07, 6.45) is -3.29. The second-order valence-electron chi connectivity index (χ2n) is 4.72. The Kier molecular flexibility index (Phi) is 3.73. The van der Waals surface area contributed by atoms with Gasteiger partial charge in [0.15, 0.2) is 11.2 Å². The number of halogens is 3. The maximum atomic E-state index is 12.1. The van der Waals surface area contributed by atoms with Crippen molar-refractivity contribution in [3.63, 3.8) is 0 Å². The number of benzene rings is 1. The molecule has 23 heavy (non-hydrogen) atoms. The van der Waals surface area contributed by atoms with Gasteiger partial charge in [-0.3, -0.25) is 4.79 Å². The Morgan fingerprint density at radius 2 is 1.91 bits per heavy atom. The fourth-order valence-electron chi connectivity index (χ4n) is 1.94. The Morgan fingerprint density at radius 1 is 1.17 bits per heavy atom. The van der Waals surface area contributed by atoms with E-state index in [4.69, 9.17) is 4.42 Å². The highest BCUT2D eigenvalue weighted by Crippen LogP contribution is 2.23. The van der Waals surface area contributed by atoms with Crippen LogP contribution in [0.4, 0.5) is 13.2 Å². The summed E-state index contributed by atoms with van der Waals surface area (Å²) in [5.74, 6) is -1.60. The number of oxazole rings is 1. The van der Waals surface area contributed by atoms with E-state index in [1.807, 2.05) is 0 Å². The maximum absolute atomic E-state index is 12.1. The van der Waals surface area contributed by atoms with E-state index in [0.29, 0.717) is 28.2 Å². The molecule has 0 aliphatic carbocycles. The Balaban J connectivity index is 1.73. The van der Waals surface area contributed by atoms with Gasteiger partial charge in [0.25, 0.3) is 0 Å². The fraction of sp³-hybridized carbons (Fsp3) is 0.133. The lowest BCUT2D eigenvalue weighted by molar-refractivity contribution is -0.173. The summed E-state index contributed by atoms with van der Waals surface area (Å²) < 4.78 is 41.8. The zero-order valence-electron chi connectivity index (χ0n) is 11.6. The summed E-state index contributed by atoms with van der Waals surface area (Å²) in [6, 6.07) is 9.95. The minimum Gasteiger partial charge on any atom is -0.434 e. The Labute approximate surface area is 128 Å². The van der Waals surface area contributed by atoms with Crippen LogP contribution >= 0.6 is 0 Å². The van der Waals surface area contributed by atoms with E-state index >= 15 is 0 Å². The van der Waals surface area contributed by atoms with Gasteiger partial charge < -0.3 is 9.73 Å². The molecule has 0 aliphatic heterocycles. The third-order valence-electron chi connectivity index (χ3n) is 3.08. The van der Waals surface area contributed by atoms with E-state index < -0.39 is 12.1 Å². The molecule has 2 aromatic heterocycles. The van der Waals surface area contributed by atoms with Gasteiger partial charge in [-0.05, 0) is 29.8 Å². The van der Waals surface area contributed by atoms with Crippen LogP contribution in [0, 0.1) is 0 Å². The average Bonchev–Trinajstić information content (AvgIpc) is 2.96. The second kappa shape index (κ2) is 5.71. The van der Waals surface area contributed by atoms with Crippen LogP contribution < -0.4 is 5.32 Å². The van der Waals surface area contributed by atoms with Gasteiger partial charge in [-0.25, -0.2) is 4.98 Å². The molecule has 0 aliphatic rings. The van der Waals surface area contributed by atoms with Gasteiger partial charge in [0.05, 0.1) is 0 Å². The van der Waals surface area contributed by atoms with Crippen LogP contribution in [-0.4, -0.2) is 22.1 Å². The lowest BCUT2D eigenvalue weighted by Gasteiger charge is -2.08. The maximum Gasteiger partial charge on any atom is 0.471 e. The van der Waals surface area contributed by atoms with Crippen LogP contribution in [0.5, 0.6) is 0 Å². The average molecular weight is 321 g/mol. The van der Waals surface area contributed by atoms with Crippen molar-refractivity contribution in [2.24, 2.45) is 0 Å². The number of aromatic nitrogens is 2. The molecule has 1 amide bonds. The van der Waals surface area contributed by atoms with Crippen LogP contribution in [0.2, 0.25) is 0 Å². The molecule has 0 radical (unpaired) electrons. The van der Waals surface area contributed by atoms with Crippen LogP contribution in [0.3, 0.4) is 0 Å². The van der Waals surface area contributed by atoms with Crippen LogP contribution in [0.15, 0.2) is 47.0 Å². The molecule has 0 atom stereocenters. The number of fused-ring (bicyclic) bond motifs is 1. The van der Waals surface area contributed by atoms with Crippen molar-refractivity contribution in [1.82, 2.24) is 15.3 Å². The van der Waals surface area contributed by atoms with Gasteiger partial charge in [0, 0.05) is 18.3 Å². The van der Waals surface area contributed by atoms with E-state index in [9.17, 15) is 18.0 Å². The predicted molar refractivity (Wildman–Crippen MR) is 75.1 cm³/mol. The third-order valence-corrected chi connectivity index (χ3v) is 3.08. The zero-order valence-corrected chi connectivity index (χ0v) is 11.6. The third kappa shape index (κ3) is 3.31. The summed E-state index contributed by atoms with van der Waals surface area (Å²) in [6.45, 7) is -0.215. The first-order valence-corrected chi connectivity index (χ1v) is 6.59. The highest BCUT2D eigenvalue weighted by Gasteiger charge is 2.38. The van der Waals surface area contributed by atoms with E-state index in [0.717, 1.165) is 0 Å². The summed E-state index contributed by atoms with van der Waals surface area (Å²) in [7, 11) is 0. The number of rotatable bonds is 3. The smallest absolute Gasteiger partial charge is 0.434 e. The number of hydrogen-bond donors (Lipinski definition) is 1. The number of nitrogens with zero attached hydrogens (tertiary/aromatic N) is 2. The minimum absolute atomic E-state index is 0.215. The van der Waals surface area contributed by atoms with Crippen LogP contribution in [0.1, 0.15) is 5.56 Å². The van der Waals surface area contributed by atoms with Crippen molar-refractivity contribution < 1.29 is 22.4 Å². The van der Waals surface area contributed by atoms with Gasteiger partial charge >= 0.3 is 12.1 Å². The van der Waals surface area contributed by atoms with Crippen molar-refractivity contribution in [2.45, 2.75) is 12.7 Å². The van der Waals surface area contributed by atoms with E-state index in [1.54, 1.807) is 47.9 Å². The van der Waals surface area contributed by atoms with E-state index in [-0.39, 0.29) is 6.54 Å². The molecule has 0 spiro atoms. The van der Waals surface area contributed by atoms with Crippen molar-refractivity contribution in [1.29, 1.82) is 0 Å². The van der Waals surface area contributed by atoms with Crippen molar-refractivity contribution in [3.8, 4) is 11.5 Å². The van der Waals surface area contributed by atoms with Crippen molar-refractivity contribution in [3.05, 3.63) is 48.2 Å². The molecule has 1 N–H and O–H groups in total. The Hall–Kier alpha value is -2.90. The Bertz CT molecular complexity index is 808. The molecule has 0 unspecified atom stereocenters. The summed E-state index contributed by atoms with van der Waals surface area (Å²) in [4.78, 5) is 19.0. The van der Waals surface area contributed by atoms with Gasteiger partial charge in [0.1, 0.15) is 0 Å². The highest BCUT2D eigenvalue weighted by atomic mass is 19.4. The summed E-state index contributed by atoms with van der Waals surface area (Å²) in [5.41, 5.74) is 2.21. The van der Waals surface area contributed by atoms with E-state index in [2.05, 4.69) is 9.97 Å². The number of alkyl halides is 3. The molecule has 8 heteroatoms. The number of carbonyl (C=O) groups is 1. The standard InChI is InChI=1S/C15H10F3N3O2/c16-15(17,18)14(22)20-8-9-3-5-10(6-4-9)13-21-12-11(23-13)2-1-7-19-12/h1-7H,8H2,(H,20,22). The van der Waals surface area contributed by atoms with Crippen LogP contribution in [-0.2, 0) is 11.3 Å². The van der Waals surface area contributed by atoms with Crippen molar-refractivity contribution >= 4 is 17.1 Å². The number of hydrogen-bond acceptors (Lipinski definition) is 4. The monoisotopic (exact) mass is 321 g/mol. The number of pyridine rings is 1. The molecular formula is C15H10F3N3O2. The lowest BCUT2D eigenvalue weighted by atomic mass is 10.1. The molecule has 5 nitrogen and oxygen atoms in total. The molecule has 0 saturated heterocycles. The normalized spacial score (nSPS) is 11.6. The first-order chi connectivity index (χ1) is 10.9. The molecule has 0 saturated carbocycles. The topological polar surface area (TPSA) is 68.0 Å². The van der Waals surface area contributed by atoms with E-state index in [1.165, 1.54) is 0 Å². The van der Waals surface area contributed by atoms with Gasteiger partial charge in [-0.15, -0.1) is 0 Å². The molecule has 118 valence electrons. The summed E-state index contributed by atoms with van der Waals surface area (Å²) in [5, 5.41) is 1.81. The molecule has 2 heterocycles. The molecule has 0 fully saturated rings. The Morgan fingerprint density at radius 3 is 2.57 bits per heavy atom. The fourth-order valence-corrected chi connectivity index (χ4v) is 1.94. The first-order valence-electron chi connectivity index (χ1n) is 6.59. The predicted octanol–water partition coefficient (Wildman–Crippen LogP) is 3.07. The molecular weight excluding hydrogens is 311 g/mol. The van der Waals surface area contributed by atoms with Gasteiger partial charge in [0.2, 0.25) is 5.89 Å². The molecule has 3 rings (SSSR count). The SMILES string of the molecule is O=C(NCc1ccc(-c2nc3ncccc3o2)cc1)C(F)(F)F. The zero-order chi connectivity index (χ0) is 16.4. The summed E-state index contributed by atoms with van der Waals surface area (Å²) >= 11 is 0. The van der Waals surface area contributed by atoms with Crippen molar-refractivity contribution in [2.75, 3.05) is 0 Å². The molecule has 3 aromatic rings. The van der Waals surface area contributed by atoms with Crippen LogP contribution in [0.25, 0.3) is 22.7 Å². The second-order valence-corrected chi connectivity index (χ2v) is 4.72. The molecule has 0 bridgehead atoms. The number of nitrogens with one attached hydrogen (secondary N) is 1. The van der Waals surface area contributed by atoms with Gasteiger partial charge in [-0.1, -0.05) is 12.1 Å². The number of amides is 1. The van der Waals surface area contributed by atoms with Gasteiger partial charge in [-0.2, -0.15) is 18.2 Å². The quantitative estimate of drug-likeness (QED) is 0.805. The first kappa shape index (κ1) is 15.0. The highest BCUT2D eigenvalue weighted by molar-refractivity contribution is 5.81. The number of carbonyl (C=O) groups excluding carboxylic acids is 1. The minimum atomic E-state index is -4.88. The molecule has 1 aromatic carbocycles.